The van der Waals surface area contributed by atoms with E-state index >= 15 is 0 Å². The number of carbonyl (C=O) groups is 1. The predicted octanol–water partition coefficient (Wildman–Crippen LogP) is 3.89. The van der Waals surface area contributed by atoms with Crippen LogP contribution in [0.15, 0.2) is 29.9 Å². The van der Waals surface area contributed by atoms with Crippen molar-refractivity contribution >= 4 is 17.2 Å². The van der Waals surface area contributed by atoms with Gasteiger partial charge in [-0.25, -0.2) is 4.98 Å². The van der Waals surface area contributed by atoms with Gasteiger partial charge in [0, 0.05) is 36.4 Å². The van der Waals surface area contributed by atoms with E-state index in [4.69, 9.17) is 0 Å². The van der Waals surface area contributed by atoms with Crippen LogP contribution in [-0.2, 0) is 11.2 Å². The summed E-state index contributed by atoms with van der Waals surface area (Å²) in [5.41, 5.74) is 1.90. The van der Waals surface area contributed by atoms with Crippen LogP contribution >= 0.6 is 11.3 Å². The molecule has 0 saturated carbocycles. The van der Waals surface area contributed by atoms with Gasteiger partial charge >= 0.3 is 0 Å². The highest BCUT2D eigenvalue weighted by atomic mass is 32.1. The number of pyridine rings is 1. The van der Waals surface area contributed by atoms with Gasteiger partial charge in [0.1, 0.15) is 5.01 Å². The minimum absolute atomic E-state index is 0.166. The van der Waals surface area contributed by atoms with Crippen LogP contribution in [0.2, 0.25) is 0 Å². The first kappa shape index (κ1) is 17.6. The van der Waals surface area contributed by atoms with Gasteiger partial charge in [-0.1, -0.05) is 27.7 Å². The van der Waals surface area contributed by atoms with Crippen LogP contribution in [0.3, 0.4) is 0 Å². The summed E-state index contributed by atoms with van der Waals surface area (Å²) in [5, 5.41) is 2.92. The Kier molecular flexibility index (Phi) is 6.28. The van der Waals surface area contributed by atoms with Gasteiger partial charge in [-0.15, -0.1) is 11.3 Å². The molecule has 0 radical (unpaired) electrons. The van der Waals surface area contributed by atoms with Crippen LogP contribution < -0.4 is 0 Å². The highest BCUT2D eigenvalue weighted by Crippen LogP contribution is 2.23. The Balaban J connectivity index is 2.05. The van der Waals surface area contributed by atoms with Crippen molar-refractivity contribution in [3.63, 3.8) is 0 Å². The van der Waals surface area contributed by atoms with E-state index in [1.807, 2.05) is 22.4 Å². The monoisotopic (exact) mass is 331 g/mol. The lowest BCUT2D eigenvalue weighted by Gasteiger charge is -2.26. The molecule has 4 nitrogen and oxygen atoms in total. The maximum absolute atomic E-state index is 12.6. The molecule has 2 heterocycles. The van der Waals surface area contributed by atoms with E-state index in [1.165, 1.54) is 0 Å². The number of amides is 1. The van der Waals surface area contributed by atoms with Crippen molar-refractivity contribution in [2.75, 3.05) is 13.1 Å². The molecule has 124 valence electrons. The van der Waals surface area contributed by atoms with E-state index in [1.54, 1.807) is 23.7 Å². The molecule has 23 heavy (non-hydrogen) atoms. The molecule has 2 aromatic heterocycles. The molecule has 0 bridgehead atoms. The standard InChI is InChI=1S/C18H25N3OS/c1-13(2)10-21(11-14(3)4)17(22)9-16-12-23-18(20-16)15-5-7-19-8-6-15/h5-8,12-14H,9-11H2,1-4H3. The summed E-state index contributed by atoms with van der Waals surface area (Å²) in [5.74, 6) is 1.11. The number of hydrogen-bond acceptors (Lipinski definition) is 4. The Morgan fingerprint density at radius 2 is 1.74 bits per heavy atom. The fraction of sp³-hybridized carbons (Fsp3) is 0.500. The highest BCUT2D eigenvalue weighted by Gasteiger charge is 2.18. The number of carbonyl (C=O) groups excluding carboxylic acids is 1. The molecule has 0 saturated heterocycles. The highest BCUT2D eigenvalue weighted by molar-refractivity contribution is 7.13. The number of thiazole rings is 1. The smallest absolute Gasteiger partial charge is 0.228 e. The average molecular weight is 331 g/mol. The lowest BCUT2D eigenvalue weighted by Crippen LogP contribution is -2.38. The first-order valence-corrected chi connectivity index (χ1v) is 8.96. The van der Waals surface area contributed by atoms with Crippen LogP contribution in [0.25, 0.3) is 10.6 Å². The zero-order valence-electron chi connectivity index (χ0n) is 14.3. The largest absolute Gasteiger partial charge is 0.342 e. The van der Waals surface area contributed by atoms with E-state index in [2.05, 4.69) is 37.7 Å². The number of hydrogen-bond donors (Lipinski definition) is 0. The third-order valence-electron chi connectivity index (χ3n) is 3.34. The molecule has 0 N–H and O–H groups in total. The molecule has 0 aliphatic rings. The summed E-state index contributed by atoms with van der Waals surface area (Å²) in [6, 6.07) is 3.88. The normalized spacial score (nSPS) is 11.2. The number of aromatic nitrogens is 2. The Morgan fingerprint density at radius 3 is 2.30 bits per heavy atom. The molecule has 0 unspecified atom stereocenters. The number of rotatable bonds is 7. The number of nitrogens with zero attached hydrogens (tertiary/aromatic N) is 3. The Bertz CT molecular complexity index is 612. The molecule has 2 aromatic rings. The van der Waals surface area contributed by atoms with Crippen LogP contribution in [0.4, 0.5) is 0 Å². The van der Waals surface area contributed by atoms with Gasteiger partial charge in [-0.2, -0.15) is 0 Å². The van der Waals surface area contributed by atoms with Crippen molar-refractivity contribution in [3.8, 4) is 10.6 Å². The summed E-state index contributed by atoms with van der Waals surface area (Å²) < 4.78 is 0. The van der Waals surface area contributed by atoms with E-state index in [0.717, 1.165) is 29.4 Å². The van der Waals surface area contributed by atoms with Gasteiger partial charge in [0.2, 0.25) is 5.91 Å². The summed E-state index contributed by atoms with van der Waals surface area (Å²) in [6.07, 6.45) is 3.89. The van der Waals surface area contributed by atoms with Gasteiger partial charge in [-0.3, -0.25) is 9.78 Å². The van der Waals surface area contributed by atoms with Crippen LogP contribution in [0.1, 0.15) is 33.4 Å². The summed E-state index contributed by atoms with van der Waals surface area (Å²) in [6.45, 7) is 10.2. The van der Waals surface area contributed by atoms with Crippen molar-refractivity contribution in [1.29, 1.82) is 0 Å². The molecular formula is C18H25N3OS. The Hall–Kier alpha value is -1.75. The van der Waals surface area contributed by atoms with Crippen molar-refractivity contribution < 1.29 is 4.79 Å². The quantitative estimate of drug-likeness (QED) is 0.773. The summed E-state index contributed by atoms with van der Waals surface area (Å²) >= 11 is 1.57. The van der Waals surface area contributed by atoms with Gasteiger partial charge < -0.3 is 4.90 Å². The summed E-state index contributed by atoms with van der Waals surface area (Å²) in [7, 11) is 0. The van der Waals surface area contributed by atoms with Crippen LogP contribution in [0.5, 0.6) is 0 Å². The van der Waals surface area contributed by atoms with Gasteiger partial charge in [0.05, 0.1) is 12.1 Å². The molecule has 0 aliphatic carbocycles. The van der Waals surface area contributed by atoms with Crippen molar-refractivity contribution in [2.24, 2.45) is 11.8 Å². The van der Waals surface area contributed by atoms with E-state index in [0.29, 0.717) is 18.3 Å². The molecule has 0 atom stereocenters. The molecule has 0 aromatic carbocycles. The van der Waals surface area contributed by atoms with Gasteiger partial charge in [0.25, 0.3) is 0 Å². The minimum atomic E-state index is 0.166. The van der Waals surface area contributed by atoms with Crippen LogP contribution in [0, 0.1) is 11.8 Å². The van der Waals surface area contributed by atoms with Gasteiger partial charge in [0.15, 0.2) is 0 Å². The topological polar surface area (TPSA) is 46.1 Å². The van der Waals surface area contributed by atoms with E-state index in [-0.39, 0.29) is 5.91 Å². The van der Waals surface area contributed by atoms with E-state index in [9.17, 15) is 4.79 Å². The summed E-state index contributed by atoms with van der Waals surface area (Å²) in [4.78, 5) is 23.2. The lowest BCUT2D eigenvalue weighted by atomic mass is 10.1. The van der Waals surface area contributed by atoms with Gasteiger partial charge in [-0.05, 0) is 24.0 Å². The second-order valence-electron chi connectivity index (χ2n) is 6.64. The fourth-order valence-corrected chi connectivity index (χ4v) is 3.27. The Labute approximate surface area is 142 Å². The third-order valence-corrected chi connectivity index (χ3v) is 4.28. The SMILES string of the molecule is CC(C)CN(CC(C)C)C(=O)Cc1csc(-c2ccncc2)n1. The van der Waals surface area contributed by atoms with Crippen molar-refractivity contribution in [3.05, 3.63) is 35.6 Å². The third kappa shape index (κ3) is 5.43. The van der Waals surface area contributed by atoms with Crippen LogP contribution in [-0.4, -0.2) is 33.9 Å². The average Bonchev–Trinajstić information content (AvgIpc) is 2.95. The predicted molar refractivity (Wildman–Crippen MR) is 95.3 cm³/mol. The molecular weight excluding hydrogens is 306 g/mol. The molecule has 2 rings (SSSR count). The van der Waals surface area contributed by atoms with Crippen molar-refractivity contribution in [2.45, 2.75) is 34.1 Å². The maximum atomic E-state index is 12.6. The molecule has 1 amide bonds. The molecule has 0 spiro atoms. The Morgan fingerprint density at radius 1 is 1.13 bits per heavy atom. The molecule has 0 fully saturated rings. The van der Waals surface area contributed by atoms with E-state index < -0.39 is 0 Å². The first-order chi connectivity index (χ1) is 11.0. The second kappa shape index (κ2) is 8.20. The lowest BCUT2D eigenvalue weighted by molar-refractivity contribution is -0.131. The van der Waals surface area contributed by atoms with Crippen molar-refractivity contribution in [1.82, 2.24) is 14.9 Å². The zero-order chi connectivity index (χ0) is 16.8. The maximum Gasteiger partial charge on any atom is 0.228 e. The molecule has 5 heteroatoms. The first-order valence-electron chi connectivity index (χ1n) is 8.08. The zero-order valence-corrected chi connectivity index (χ0v) is 15.1. The molecule has 0 aliphatic heterocycles. The second-order valence-corrected chi connectivity index (χ2v) is 7.50. The minimum Gasteiger partial charge on any atom is -0.342 e. The fourth-order valence-electron chi connectivity index (χ4n) is 2.44.